The van der Waals surface area contributed by atoms with Gasteiger partial charge in [0.05, 0.1) is 12.6 Å². The Morgan fingerprint density at radius 2 is 2.11 bits per heavy atom. The summed E-state index contributed by atoms with van der Waals surface area (Å²) < 4.78 is 0. The lowest BCUT2D eigenvalue weighted by atomic mass is 10.2. The van der Waals surface area contributed by atoms with Crippen LogP contribution in [0.25, 0.3) is 0 Å². The molecule has 0 heterocycles. The Kier molecular flexibility index (Phi) is 3.42. The Morgan fingerprint density at radius 1 is 1.67 bits per heavy atom. The molecular formula is C6H13NO2. The Labute approximate surface area is 55.3 Å². The molecule has 0 radical (unpaired) electrons. The lowest BCUT2D eigenvalue weighted by molar-refractivity contribution is -0.122. The lowest BCUT2D eigenvalue weighted by Gasteiger charge is -2.18. The SMILES string of the molecule is CC(=O)C(CO)N(C)C. The summed E-state index contributed by atoms with van der Waals surface area (Å²) in [6.45, 7) is 1.38. The minimum Gasteiger partial charge on any atom is -0.394 e. The number of hydrogen-bond donors (Lipinski definition) is 1. The van der Waals surface area contributed by atoms with Crippen LogP contribution in [0.15, 0.2) is 0 Å². The molecule has 0 bridgehead atoms. The molecule has 0 aliphatic carbocycles. The van der Waals surface area contributed by atoms with Gasteiger partial charge in [-0.25, -0.2) is 0 Å². The summed E-state index contributed by atoms with van der Waals surface area (Å²) in [6.07, 6.45) is 0. The zero-order chi connectivity index (χ0) is 7.44. The van der Waals surface area contributed by atoms with Gasteiger partial charge in [0.1, 0.15) is 5.78 Å². The van der Waals surface area contributed by atoms with Gasteiger partial charge in [0.2, 0.25) is 0 Å². The molecule has 3 heteroatoms. The van der Waals surface area contributed by atoms with Crippen LogP contribution in [0.2, 0.25) is 0 Å². The van der Waals surface area contributed by atoms with Crippen LogP contribution in [0, 0.1) is 0 Å². The summed E-state index contributed by atoms with van der Waals surface area (Å²) in [4.78, 5) is 12.3. The second kappa shape index (κ2) is 3.58. The highest BCUT2D eigenvalue weighted by atomic mass is 16.3. The van der Waals surface area contributed by atoms with Crippen molar-refractivity contribution in [1.29, 1.82) is 0 Å². The fraction of sp³-hybridized carbons (Fsp3) is 0.833. The van der Waals surface area contributed by atoms with Gasteiger partial charge in [0.15, 0.2) is 0 Å². The van der Waals surface area contributed by atoms with E-state index in [1.54, 1.807) is 19.0 Å². The molecule has 54 valence electrons. The number of rotatable bonds is 3. The molecule has 1 unspecified atom stereocenters. The first kappa shape index (κ1) is 8.59. The second-order valence-electron chi connectivity index (χ2n) is 2.27. The summed E-state index contributed by atoms with van der Waals surface area (Å²) in [5.74, 6) is 0.00231. The van der Waals surface area contributed by atoms with E-state index in [0.29, 0.717) is 0 Å². The Balaban J connectivity index is 3.83. The van der Waals surface area contributed by atoms with Crippen LogP contribution < -0.4 is 0 Å². The first-order chi connectivity index (χ1) is 4.09. The van der Waals surface area contributed by atoms with E-state index in [9.17, 15) is 4.79 Å². The van der Waals surface area contributed by atoms with Crippen molar-refractivity contribution >= 4 is 5.78 Å². The zero-order valence-electron chi connectivity index (χ0n) is 6.09. The molecule has 1 atom stereocenters. The maximum Gasteiger partial charge on any atom is 0.149 e. The summed E-state index contributed by atoms with van der Waals surface area (Å²) in [6, 6.07) is -0.329. The van der Waals surface area contributed by atoms with Gasteiger partial charge < -0.3 is 5.11 Å². The first-order valence-corrected chi connectivity index (χ1v) is 2.87. The molecule has 0 amide bonds. The first-order valence-electron chi connectivity index (χ1n) is 2.87. The molecule has 0 saturated heterocycles. The van der Waals surface area contributed by atoms with Gasteiger partial charge in [-0.1, -0.05) is 0 Å². The molecule has 0 aromatic rings. The largest absolute Gasteiger partial charge is 0.394 e. The van der Waals surface area contributed by atoms with Crippen LogP contribution in [0.4, 0.5) is 0 Å². The Bertz CT molecular complexity index is 101. The highest BCUT2D eigenvalue weighted by Gasteiger charge is 2.13. The molecule has 0 aliphatic rings. The number of nitrogens with zero attached hydrogens (tertiary/aromatic N) is 1. The number of likely N-dealkylation sites (N-methyl/N-ethyl adjacent to an activating group) is 1. The molecular weight excluding hydrogens is 118 g/mol. The summed E-state index contributed by atoms with van der Waals surface area (Å²) in [5.41, 5.74) is 0. The van der Waals surface area contributed by atoms with Crippen molar-refractivity contribution in [3.63, 3.8) is 0 Å². The number of carbonyl (C=O) groups is 1. The fourth-order valence-electron chi connectivity index (χ4n) is 0.655. The van der Waals surface area contributed by atoms with Gasteiger partial charge >= 0.3 is 0 Å². The van der Waals surface area contributed by atoms with Crippen molar-refractivity contribution < 1.29 is 9.90 Å². The van der Waals surface area contributed by atoms with E-state index in [1.165, 1.54) is 6.92 Å². The van der Waals surface area contributed by atoms with E-state index in [4.69, 9.17) is 5.11 Å². The highest BCUT2D eigenvalue weighted by Crippen LogP contribution is 1.91. The number of carbonyl (C=O) groups excluding carboxylic acids is 1. The number of hydrogen-bond acceptors (Lipinski definition) is 3. The van der Waals surface area contributed by atoms with E-state index in [0.717, 1.165) is 0 Å². The van der Waals surface area contributed by atoms with Crippen molar-refractivity contribution in [2.75, 3.05) is 20.7 Å². The quantitative estimate of drug-likeness (QED) is 0.561. The molecule has 0 spiro atoms. The molecule has 0 aromatic carbocycles. The van der Waals surface area contributed by atoms with Crippen molar-refractivity contribution in [1.82, 2.24) is 4.90 Å². The summed E-state index contributed by atoms with van der Waals surface area (Å²) in [5, 5.41) is 8.60. The van der Waals surface area contributed by atoms with Crippen molar-refractivity contribution in [2.45, 2.75) is 13.0 Å². The predicted octanol–water partition coefficient (Wildman–Crippen LogP) is -0.502. The maximum absolute atomic E-state index is 10.6. The highest BCUT2D eigenvalue weighted by molar-refractivity contribution is 5.81. The molecule has 0 fully saturated rings. The third kappa shape index (κ3) is 2.58. The molecule has 0 aromatic heterocycles. The predicted molar refractivity (Wildman–Crippen MR) is 35.2 cm³/mol. The minimum atomic E-state index is -0.329. The van der Waals surface area contributed by atoms with Gasteiger partial charge in [0, 0.05) is 0 Å². The van der Waals surface area contributed by atoms with Gasteiger partial charge in [-0.2, -0.15) is 0 Å². The van der Waals surface area contributed by atoms with Crippen LogP contribution in [-0.2, 0) is 4.79 Å². The van der Waals surface area contributed by atoms with Gasteiger partial charge in [0.25, 0.3) is 0 Å². The molecule has 1 N–H and O–H groups in total. The third-order valence-corrected chi connectivity index (χ3v) is 1.27. The number of Topliss-reactive ketones (excluding diaryl/α,β-unsaturated/α-hetero) is 1. The molecule has 0 aliphatic heterocycles. The normalized spacial score (nSPS) is 13.9. The topological polar surface area (TPSA) is 40.5 Å². The van der Waals surface area contributed by atoms with Crippen LogP contribution in [0.1, 0.15) is 6.92 Å². The molecule has 0 rings (SSSR count). The molecule has 3 nitrogen and oxygen atoms in total. The minimum absolute atomic E-state index is 0.00231. The summed E-state index contributed by atoms with van der Waals surface area (Å²) in [7, 11) is 3.53. The van der Waals surface area contributed by atoms with Crippen LogP contribution in [0.3, 0.4) is 0 Å². The second-order valence-corrected chi connectivity index (χ2v) is 2.27. The Morgan fingerprint density at radius 3 is 2.11 bits per heavy atom. The molecule has 0 saturated carbocycles. The standard InChI is InChI=1S/C6H13NO2/c1-5(9)6(4-8)7(2)3/h6,8H,4H2,1-3H3. The summed E-state index contributed by atoms with van der Waals surface area (Å²) >= 11 is 0. The van der Waals surface area contributed by atoms with Crippen LogP contribution in [0.5, 0.6) is 0 Å². The van der Waals surface area contributed by atoms with E-state index < -0.39 is 0 Å². The van der Waals surface area contributed by atoms with Gasteiger partial charge in [-0.15, -0.1) is 0 Å². The number of ketones is 1. The van der Waals surface area contributed by atoms with Gasteiger partial charge in [-0.05, 0) is 21.0 Å². The average Bonchev–Trinajstić information content (AvgIpc) is 1.64. The third-order valence-electron chi connectivity index (χ3n) is 1.27. The maximum atomic E-state index is 10.6. The number of aliphatic hydroxyl groups is 1. The lowest BCUT2D eigenvalue weighted by Crippen LogP contribution is -2.37. The van der Waals surface area contributed by atoms with Crippen LogP contribution >= 0.6 is 0 Å². The van der Waals surface area contributed by atoms with E-state index in [-0.39, 0.29) is 18.4 Å². The van der Waals surface area contributed by atoms with Crippen molar-refractivity contribution in [3.8, 4) is 0 Å². The number of aliphatic hydroxyl groups excluding tert-OH is 1. The van der Waals surface area contributed by atoms with E-state index in [1.807, 2.05) is 0 Å². The zero-order valence-corrected chi connectivity index (χ0v) is 6.09. The van der Waals surface area contributed by atoms with Crippen molar-refractivity contribution in [2.24, 2.45) is 0 Å². The van der Waals surface area contributed by atoms with E-state index >= 15 is 0 Å². The fourth-order valence-corrected chi connectivity index (χ4v) is 0.655. The van der Waals surface area contributed by atoms with E-state index in [2.05, 4.69) is 0 Å². The average molecular weight is 131 g/mol. The molecule has 9 heavy (non-hydrogen) atoms. The van der Waals surface area contributed by atoms with Gasteiger partial charge in [-0.3, -0.25) is 9.69 Å². The van der Waals surface area contributed by atoms with Crippen molar-refractivity contribution in [3.05, 3.63) is 0 Å². The monoisotopic (exact) mass is 131 g/mol. The smallest absolute Gasteiger partial charge is 0.149 e. The Hall–Kier alpha value is -0.410. The van der Waals surface area contributed by atoms with Crippen LogP contribution in [-0.4, -0.2) is 42.5 Å².